The van der Waals surface area contributed by atoms with Crippen LogP contribution in [0.15, 0.2) is 24.3 Å². The fourth-order valence-electron chi connectivity index (χ4n) is 2.28. The summed E-state index contributed by atoms with van der Waals surface area (Å²) in [5.74, 6) is -0.561. The van der Waals surface area contributed by atoms with Crippen molar-refractivity contribution >= 4 is 11.9 Å². The van der Waals surface area contributed by atoms with Crippen molar-refractivity contribution in [1.82, 2.24) is 5.32 Å². The van der Waals surface area contributed by atoms with Crippen LogP contribution in [0.3, 0.4) is 0 Å². The van der Waals surface area contributed by atoms with Crippen molar-refractivity contribution in [3.63, 3.8) is 0 Å². The number of nitrogens with one attached hydrogen (secondary N) is 1. The van der Waals surface area contributed by atoms with E-state index in [9.17, 15) is 9.59 Å². The highest BCUT2D eigenvalue weighted by atomic mass is 16.4. The second-order valence-corrected chi connectivity index (χ2v) is 5.83. The zero-order valence-corrected chi connectivity index (χ0v) is 11.3. The van der Waals surface area contributed by atoms with Crippen molar-refractivity contribution in [1.29, 1.82) is 0 Å². The summed E-state index contributed by atoms with van der Waals surface area (Å²) in [7, 11) is 0. The third kappa shape index (κ3) is 3.34. The van der Waals surface area contributed by atoms with Crippen molar-refractivity contribution in [3.8, 4) is 0 Å². The first-order chi connectivity index (χ1) is 8.90. The number of carbonyl (C=O) groups excluding carboxylic acids is 1. The van der Waals surface area contributed by atoms with Gasteiger partial charge in [0.2, 0.25) is 5.91 Å². The number of hydrogen-bond acceptors (Lipinski definition) is 2. The van der Waals surface area contributed by atoms with Gasteiger partial charge in [0, 0.05) is 6.54 Å². The molecule has 1 unspecified atom stereocenters. The fraction of sp³-hybridized carbons (Fsp3) is 0.467. The molecule has 0 bridgehead atoms. The third-order valence-electron chi connectivity index (χ3n) is 3.86. The first kappa shape index (κ1) is 13.6. The molecule has 1 aromatic carbocycles. The second kappa shape index (κ2) is 5.03. The predicted molar refractivity (Wildman–Crippen MR) is 72.0 cm³/mol. The lowest BCUT2D eigenvalue weighted by atomic mass is 10.0. The number of carbonyl (C=O) groups is 2. The Morgan fingerprint density at radius 2 is 2.00 bits per heavy atom. The van der Waals surface area contributed by atoms with E-state index in [4.69, 9.17) is 5.11 Å². The van der Waals surface area contributed by atoms with Crippen LogP contribution in [0, 0.1) is 11.3 Å². The molecule has 0 aromatic heterocycles. The van der Waals surface area contributed by atoms with Gasteiger partial charge in [0.15, 0.2) is 0 Å². The minimum atomic E-state index is -0.994. The first-order valence-electron chi connectivity index (χ1n) is 6.48. The number of rotatable bonds is 5. The van der Waals surface area contributed by atoms with Gasteiger partial charge in [-0.2, -0.15) is 0 Å². The van der Waals surface area contributed by atoms with Gasteiger partial charge < -0.3 is 10.4 Å². The summed E-state index contributed by atoms with van der Waals surface area (Å²) in [5, 5.41) is 11.9. The van der Waals surface area contributed by atoms with E-state index in [0.29, 0.717) is 23.4 Å². The Kier molecular flexibility index (Phi) is 3.60. The van der Waals surface area contributed by atoms with Crippen LogP contribution in [-0.2, 0) is 11.2 Å². The molecule has 0 radical (unpaired) electrons. The molecule has 4 nitrogen and oxygen atoms in total. The van der Waals surface area contributed by atoms with E-state index in [1.54, 1.807) is 18.2 Å². The zero-order chi connectivity index (χ0) is 14.0. The van der Waals surface area contributed by atoms with Crippen molar-refractivity contribution in [2.75, 3.05) is 6.54 Å². The molecule has 2 rings (SSSR count). The molecule has 1 aliphatic carbocycles. The Labute approximate surface area is 112 Å². The molecule has 2 N–H and O–H groups in total. The topological polar surface area (TPSA) is 66.4 Å². The minimum absolute atomic E-state index is 0.114. The number of benzene rings is 1. The van der Waals surface area contributed by atoms with Crippen molar-refractivity contribution in [3.05, 3.63) is 35.4 Å². The van der Waals surface area contributed by atoms with Gasteiger partial charge >= 0.3 is 5.97 Å². The molecule has 0 heterocycles. The summed E-state index contributed by atoms with van der Waals surface area (Å²) in [6.45, 7) is 5.05. The number of hydrogen-bond donors (Lipinski definition) is 2. The largest absolute Gasteiger partial charge is 0.478 e. The van der Waals surface area contributed by atoms with Crippen LogP contribution in [0.4, 0.5) is 0 Å². The first-order valence-corrected chi connectivity index (χ1v) is 6.48. The molecule has 19 heavy (non-hydrogen) atoms. The maximum atomic E-state index is 11.8. The van der Waals surface area contributed by atoms with Gasteiger partial charge in [0.25, 0.3) is 0 Å². The molecule has 4 heteroatoms. The minimum Gasteiger partial charge on any atom is -0.478 e. The highest BCUT2D eigenvalue weighted by Crippen LogP contribution is 2.50. The van der Waals surface area contributed by atoms with Gasteiger partial charge in [-0.25, -0.2) is 4.79 Å². The quantitative estimate of drug-likeness (QED) is 0.853. The van der Waals surface area contributed by atoms with Gasteiger partial charge in [0.05, 0.1) is 12.0 Å². The predicted octanol–water partition coefficient (Wildman–Crippen LogP) is 2.09. The number of carboxylic acids is 1. The second-order valence-electron chi connectivity index (χ2n) is 5.83. The third-order valence-corrected chi connectivity index (χ3v) is 3.86. The summed E-state index contributed by atoms with van der Waals surface area (Å²) in [4.78, 5) is 22.9. The number of aromatic carboxylic acids is 1. The Morgan fingerprint density at radius 1 is 1.37 bits per heavy atom. The van der Waals surface area contributed by atoms with E-state index < -0.39 is 5.97 Å². The normalized spacial score (nSPS) is 19.8. The van der Waals surface area contributed by atoms with Gasteiger partial charge in [-0.15, -0.1) is 0 Å². The summed E-state index contributed by atoms with van der Waals surface area (Å²) < 4.78 is 0. The molecule has 1 aromatic rings. The molecule has 1 fully saturated rings. The summed E-state index contributed by atoms with van der Waals surface area (Å²) in [5.41, 5.74) is 1.10. The Bertz CT molecular complexity index is 508. The highest BCUT2D eigenvalue weighted by Gasteiger charge is 2.45. The van der Waals surface area contributed by atoms with Crippen molar-refractivity contribution < 1.29 is 14.7 Å². The van der Waals surface area contributed by atoms with Gasteiger partial charge in [0.1, 0.15) is 0 Å². The highest BCUT2D eigenvalue weighted by molar-refractivity contribution is 5.91. The Balaban J connectivity index is 1.90. The zero-order valence-electron chi connectivity index (χ0n) is 11.3. The van der Waals surface area contributed by atoms with Crippen LogP contribution in [0.2, 0.25) is 0 Å². The summed E-state index contributed by atoms with van der Waals surface area (Å²) in [6, 6.07) is 6.62. The van der Waals surface area contributed by atoms with Crippen LogP contribution in [0.5, 0.6) is 0 Å². The van der Waals surface area contributed by atoms with Crippen LogP contribution in [-0.4, -0.2) is 23.5 Å². The monoisotopic (exact) mass is 261 g/mol. The molecule has 0 saturated heterocycles. The lowest BCUT2D eigenvalue weighted by molar-refractivity contribution is -0.120. The Hall–Kier alpha value is -1.84. The van der Waals surface area contributed by atoms with Crippen molar-refractivity contribution in [2.45, 2.75) is 26.7 Å². The molecule has 0 aliphatic heterocycles. The van der Waals surface area contributed by atoms with Gasteiger partial charge in [-0.1, -0.05) is 32.0 Å². The van der Waals surface area contributed by atoms with E-state index in [2.05, 4.69) is 19.2 Å². The van der Waals surface area contributed by atoms with E-state index >= 15 is 0 Å². The molecule has 1 amide bonds. The SMILES string of the molecule is CC1(C)CC1CNC(=O)Cc1ccccc1C(=O)O. The lowest BCUT2D eigenvalue weighted by Gasteiger charge is -2.08. The Morgan fingerprint density at radius 3 is 2.58 bits per heavy atom. The van der Waals surface area contributed by atoms with E-state index in [1.807, 2.05) is 0 Å². The van der Waals surface area contributed by atoms with Gasteiger partial charge in [-0.05, 0) is 29.4 Å². The van der Waals surface area contributed by atoms with Gasteiger partial charge in [-0.3, -0.25) is 4.79 Å². The van der Waals surface area contributed by atoms with E-state index in [-0.39, 0.29) is 17.9 Å². The average molecular weight is 261 g/mol. The number of amides is 1. The molecule has 1 aliphatic rings. The number of carboxylic acid groups (broad SMARTS) is 1. The van der Waals surface area contributed by atoms with Crippen LogP contribution >= 0.6 is 0 Å². The van der Waals surface area contributed by atoms with Crippen LogP contribution < -0.4 is 5.32 Å². The molecule has 0 spiro atoms. The maximum Gasteiger partial charge on any atom is 0.335 e. The van der Waals surface area contributed by atoms with E-state index in [0.717, 1.165) is 6.42 Å². The molecule has 1 saturated carbocycles. The molecule has 1 atom stereocenters. The lowest BCUT2D eigenvalue weighted by Crippen LogP contribution is -2.28. The van der Waals surface area contributed by atoms with Crippen LogP contribution in [0.1, 0.15) is 36.2 Å². The van der Waals surface area contributed by atoms with E-state index in [1.165, 1.54) is 6.07 Å². The smallest absolute Gasteiger partial charge is 0.335 e. The standard InChI is InChI=1S/C15H19NO3/c1-15(2)8-11(15)9-16-13(17)7-10-5-3-4-6-12(10)14(18)19/h3-6,11H,7-9H2,1-2H3,(H,16,17)(H,18,19). The summed E-state index contributed by atoms with van der Waals surface area (Å²) in [6.07, 6.45) is 1.26. The van der Waals surface area contributed by atoms with Crippen LogP contribution in [0.25, 0.3) is 0 Å². The molecular weight excluding hydrogens is 242 g/mol. The summed E-state index contributed by atoms with van der Waals surface area (Å²) >= 11 is 0. The molecule has 102 valence electrons. The van der Waals surface area contributed by atoms with Crippen molar-refractivity contribution in [2.24, 2.45) is 11.3 Å². The average Bonchev–Trinajstić information content (AvgIpc) is 2.95. The maximum absolute atomic E-state index is 11.8. The molecular formula is C15H19NO3. The fourth-order valence-corrected chi connectivity index (χ4v) is 2.28.